The minimum Gasteiger partial charge on any atom is -0.328 e. The van der Waals surface area contributed by atoms with Crippen LogP contribution in [0.25, 0.3) is 10.2 Å². The van der Waals surface area contributed by atoms with Crippen molar-refractivity contribution in [2.75, 3.05) is 6.54 Å². The fourth-order valence-electron chi connectivity index (χ4n) is 3.06. The molecule has 4 rings (SSSR count). The van der Waals surface area contributed by atoms with Gasteiger partial charge >= 0.3 is 0 Å². The molecular formula is C17H16N4O2S. The number of hydrogen-bond donors (Lipinski definition) is 0. The van der Waals surface area contributed by atoms with Crippen molar-refractivity contribution in [1.29, 1.82) is 0 Å². The Morgan fingerprint density at radius 1 is 1.25 bits per heavy atom. The van der Waals surface area contributed by atoms with E-state index in [1.54, 1.807) is 18.4 Å². The van der Waals surface area contributed by atoms with Crippen LogP contribution in [0.15, 0.2) is 41.2 Å². The summed E-state index contributed by atoms with van der Waals surface area (Å²) in [4.78, 5) is 30.8. The maximum atomic E-state index is 12.8. The monoisotopic (exact) mass is 340 g/mol. The molecule has 3 heterocycles. The summed E-state index contributed by atoms with van der Waals surface area (Å²) >= 11 is 1.64. The molecular weight excluding hydrogens is 324 g/mol. The molecule has 2 aromatic heterocycles. The number of amides is 1. The minimum absolute atomic E-state index is 0.0195. The molecule has 7 heteroatoms. The third-order valence-electron chi connectivity index (χ3n) is 4.29. The van der Waals surface area contributed by atoms with E-state index >= 15 is 0 Å². The van der Waals surface area contributed by atoms with Crippen molar-refractivity contribution < 1.29 is 4.79 Å². The van der Waals surface area contributed by atoms with E-state index in [0.29, 0.717) is 12.2 Å². The molecule has 3 aromatic rings. The number of rotatable bonds is 2. The van der Waals surface area contributed by atoms with Crippen molar-refractivity contribution in [2.24, 2.45) is 7.05 Å². The molecule has 0 radical (unpaired) electrons. The van der Waals surface area contributed by atoms with Crippen LogP contribution >= 0.6 is 11.3 Å². The fraction of sp³-hybridized carbons (Fsp3) is 0.294. The number of para-hydroxylation sites is 1. The van der Waals surface area contributed by atoms with E-state index in [1.807, 2.05) is 29.2 Å². The summed E-state index contributed by atoms with van der Waals surface area (Å²) in [5.74, 6) is -0.146. The molecule has 1 unspecified atom stereocenters. The quantitative estimate of drug-likeness (QED) is 0.718. The van der Waals surface area contributed by atoms with Crippen LogP contribution in [0.2, 0.25) is 0 Å². The Bertz CT molecular complexity index is 945. The Kier molecular flexibility index (Phi) is 3.65. The molecule has 1 aliphatic heterocycles. The molecule has 122 valence electrons. The van der Waals surface area contributed by atoms with Gasteiger partial charge in [-0.15, -0.1) is 11.3 Å². The van der Waals surface area contributed by atoms with Gasteiger partial charge in [0.1, 0.15) is 10.7 Å². The highest BCUT2D eigenvalue weighted by Crippen LogP contribution is 2.36. The average Bonchev–Trinajstić information content (AvgIpc) is 3.22. The summed E-state index contributed by atoms with van der Waals surface area (Å²) in [6.45, 7) is 0.684. The second-order valence-corrected chi connectivity index (χ2v) is 6.92. The first kappa shape index (κ1) is 15.0. The minimum atomic E-state index is -0.226. The fourth-order valence-corrected chi connectivity index (χ4v) is 4.18. The maximum Gasteiger partial charge on any atom is 0.274 e. The Balaban J connectivity index is 1.67. The zero-order chi connectivity index (χ0) is 16.7. The molecule has 1 amide bonds. The Hall–Kier alpha value is -2.54. The summed E-state index contributed by atoms with van der Waals surface area (Å²) < 4.78 is 2.32. The van der Waals surface area contributed by atoms with Gasteiger partial charge in [0.2, 0.25) is 0 Å². The van der Waals surface area contributed by atoms with Crippen molar-refractivity contribution >= 4 is 27.5 Å². The van der Waals surface area contributed by atoms with Crippen LogP contribution in [0.3, 0.4) is 0 Å². The van der Waals surface area contributed by atoms with Gasteiger partial charge in [0.25, 0.3) is 11.5 Å². The van der Waals surface area contributed by atoms with Crippen molar-refractivity contribution in [2.45, 2.75) is 18.9 Å². The third-order valence-corrected chi connectivity index (χ3v) is 5.43. The predicted octanol–water partition coefficient (Wildman–Crippen LogP) is 2.37. The number of thiazole rings is 1. The van der Waals surface area contributed by atoms with Gasteiger partial charge in [0.15, 0.2) is 0 Å². The van der Waals surface area contributed by atoms with E-state index in [4.69, 9.17) is 4.98 Å². The Labute approximate surface area is 142 Å². The van der Waals surface area contributed by atoms with Crippen LogP contribution in [0.1, 0.15) is 34.4 Å². The van der Waals surface area contributed by atoms with Crippen LogP contribution in [0, 0.1) is 0 Å². The number of benzene rings is 1. The molecule has 1 aliphatic rings. The van der Waals surface area contributed by atoms with Crippen LogP contribution in [-0.2, 0) is 7.05 Å². The standard InChI is InChI=1S/C17H16N4O2S/c1-20-15(22)9-8-12(19-20)17(23)21-10-4-6-13(21)16-18-11-5-2-3-7-14(11)24-16/h2-3,5,7-9,13H,4,6,10H2,1H3. The van der Waals surface area contributed by atoms with E-state index in [-0.39, 0.29) is 17.5 Å². The number of nitrogens with zero attached hydrogens (tertiary/aromatic N) is 4. The smallest absolute Gasteiger partial charge is 0.274 e. The van der Waals surface area contributed by atoms with Gasteiger partial charge in [-0.3, -0.25) is 9.59 Å². The van der Waals surface area contributed by atoms with Gasteiger partial charge < -0.3 is 4.90 Å². The Morgan fingerprint density at radius 2 is 2.08 bits per heavy atom. The van der Waals surface area contributed by atoms with Gasteiger partial charge in [-0.1, -0.05) is 12.1 Å². The molecule has 1 aromatic carbocycles. The molecule has 0 bridgehead atoms. The maximum absolute atomic E-state index is 12.8. The van der Waals surface area contributed by atoms with Gasteiger partial charge in [-0.2, -0.15) is 5.10 Å². The summed E-state index contributed by atoms with van der Waals surface area (Å²) in [6, 6.07) is 10.9. The molecule has 0 spiro atoms. The molecule has 6 nitrogen and oxygen atoms in total. The first-order valence-corrected chi connectivity index (χ1v) is 8.66. The lowest BCUT2D eigenvalue weighted by molar-refractivity contribution is 0.0727. The number of carbonyl (C=O) groups excluding carboxylic acids is 1. The van der Waals surface area contributed by atoms with Gasteiger partial charge in [-0.05, 0) is 31.0 Å². The zero-order valence-electron chi connectivity index (χ0n) is 13.2. The molecule has 0 N–H and O–H groups in total. The largest absolute Gasteiger partial charge is 0.328 e. The van der Waals surface area contributed by atoms with Gasteiger partial charge in [0, 0.05) is 19.7 Å². The topological polar surface area (TPSA) is 68.1 Å². The van der Waals surface area contributed by atoms with E-state index in [1.165, 1.54) is 16.8 Å². The molecule has 0 aliphatic carbocycles. The molecule has 1 atom stereocenters. The summed E-state index contributed by atoms with van der Waals surface area (Å²) in [6.07, 6.45) is 1.84. The van der Waals surface area contributed by atoms with Crippen LogP contribution in [0.5, 0.6) is 0 Å². The first-order chi connectivity index (χ1) is 11.6. The Morgan fingerprint density at radius 3 is 2.88 bits per heavy atom. The van der Waals surface area contributed by atoms with Gasteiger partial charge in [-0.25, -0.2) is 9.67 Å². The first-order valence-electron chi connectivity index (χ1n) is 7.84. The van der Waals surface area contributed by atoms with Crippen molar-refractivity contribution in [1.82, 2.24) is 19.7 Å². The highest BCUT2D eigenvalue weighted by Gasteiger charge is 2.33. The van der Waals surface area contributed by atoms with Crippen molar-refractivity contribution in [3.05, 3.63) is 57.5 Å². The van der Waals surface area contributed by atoms with E-state index < -0.39 is 0 Å². The average molecular weight is 340 g/mol. The summed E-state index contributed by atoms with van der Waals surface area (Å²) in [5.41, 5.74) is 1.04. The second kappa shape index (κ2) is 5.83. The normalized spacial score (nSPS) is 17.5. The highest BCUT2D eigenvalue weighted by atomic mass is 32.1. The molecule has 24 heavy (non-hydrogen) atoms. The zero-order valence-corrected chi connectivity index (χ0v) is 14.0. The van der Waals surface area contributed by atoms with Crippen LogP contribution in [-0.4, -0.2) is 32.1 Å². The third kappa shape index (κ3) is 2.50. The van der Waals surface area contributed by atoms with Gasteiger partial charge in [0.05, 0.1) is 16.3 Å². The van der Waals surface area contributed by atoms with Crippen LogP contribution < -0.4 is 5.56 Å². The lowest BCUT2D eigenvalue weighted by Gasteiger charge is -2.22. The number of hydrogen-bond acceptors (Lipinski definition) is 5. The molecule has 1 fully saturated rings. The summed E-state index contributed by atoms with van der Waals surface area (Å²) in [7, 11) is 1.55. The second-order valence-electron chi connectivity index (χ2n) is 5.86. The van der Waals surface area contributed by atoms with E-state index in [9.17, 15) is 9.59 Å². The lowest BCUT2D eigenvalue weighted by atomic mass is 10.2. The van der Waals surface area contributed by atoms with Crippen LogP contribution in [0.4, 0.5) is 0 Å². The SMILES string of the molecule is Cn1nc(C(=O)N2CCCC2c2nc3ccccc3s2)ccc1=O. The van der Waals surface area contributed by atoms with Crippen molar-refractivity contribution in [3.8, 4) is 0 Å². The number of aromatic nitrogens is 3. The highest BCUT2D eigenvalue weighted by molar-refractivity contribution is 7.18. The van der Waals surface area contributed by atoms with Crippen molar-refractivity contribution in [3.63, 3.8) is 0 Å². The van der Waals surface area contributed by atoms with E-state index in [2.05, 4.69) is 5.10 Å². The lowest BCUT2D eigenvalue weighted by Crippen LogP contribution is -2.33. The molecule has 1 saturated heterocycles. The molecule has 0 saturated carbocycles. The number of aryl methyl sites for hydroxylation is 1. The number of fused-ring (bicyclic) bond motifs is 1. The number of likely N-dealkylation sites (tertiary alicyclic amines) is 1. The number of carbonyl (C=O) groups is 1. The summed E-state index contributed by atoms with van der Waals surface area (Å²) in [5, 5.41) is 5.05. The predicted molar refractivity (Wildman–Crippen MR) is 92.1 cm³/mol. The van der Waals surface area contributed by atoms with E-state index in [0.717, 1.165) is 28.1 Å².